The van der Waals surface area contributed by atoms with Crippen LogP contribution in [0, 0.1) is 0 Å². The zero-order valence-electron chi connectivity index (χ0n) is 19.6. The molecule has 2 aliphatic rings. The number of methoxy groups -OCH3 is 2. The van der Waals surface area contributed by atoms with E-state index in [4.69, 9.17) is 19.7 Å². The second kappa shape index (κ2) is 11.9. The van der Waals surface area contributed by atoms with Crippen molar-refractivity contribution in [3.63, 3.8) is 0 Å². The van der Waals surface area contributed by atoms with E-state index in [9.17, 15) is 9.59 Å². The first-order valence-electron chi connectivity index (χ1n) is 10.9. The summed E-state index contributed by atoms with van der Waals surface area (Å²) >= 11 is 1.83. The Morgan fingerprint density at radius 2 is 1.47 bits per heavy atom. The summed E-state index contributed by atoms with van der Waals surface area (Å²) in [6.07, 6.45) is 2.15. The molecule has 182 valence electrons. The van der Waals surface area contributed by atoms with E-state index in [2.05, 4.69) is 53.2 Å². The van der Waals surface area contributed by atoms with Crippen LogP contribution in [0.25, 0.3) is 0 Å². The van der Waals surface area contributed by atoms with Gasteiger partial charge in [-0.3, -0.25) is 4.90 Å². The summed E-state index contributed by atoms with van der Waals surface area (Å²) in [6, 6.07) is 13.4. The summed E-state index contributed by atoms with van der Waals surface area (Å²) in [5, 5.41) is 15.6. The summed E-state index contributed by atoms with van der Waals surface area (Å²) in [4.78, 5) is 26.7. The normalized spacial score (nSPS) is 18.1. The third-order valence-electron chi connectivity index (χ3n) is 5.83. The number of likely N-dealkylation sites (N-methyl/N-ethyl adjacent to an activating group) is 1. The summed E-state index contributed by atoms with van der Waals surface area (Å²) in [7, 11) is 5.67. The molecule has 2 N–H and O–H groups in total. The van der Waals surface area contributed by atoms with Gasteiger partial charge in [0.15, 0.2) is 0 Å². The number of rotatable bonds is 5. The number of piperazine rings is 1. The minimum Gasteiger partial charge on any atom is -0.497 e. The minimum atomic E-state index is -1.26. The molecule has 1 unspecified atom stereocenters. The third-order valence-corrected chi connectivity index (χ3v) is 7.01. The Labute approximate surface area is 203 Å². The van der Waals surface area contributed by atoms with Crippen LogP contribution in [0.2, 0.25) is 0 Å². The van der Waals surface area contributed by atoms with Crippen molar-refractivity contribution in [2.45, 2.75) is 22.3 Å². The van der Waals surface area contributed by atoms with E-state index in [1.54, 1.807) is 14.2 Å². The first kappa shape index (κ1) is 25.6. The molecule has 2 aliphatic heterocycles. The van der Waals surface area contributed by atoms with Crippen LogP contribution < -0.4 is 9.47 Å². The highest BCUT2D eigenvalue weighted by Gasteiger charge is 2.29. The van der Waals surface area contributed by atoms with Crippen molar-refractivity contribution >= 4 is 23.7 Å². The minimum absolute atomic E-state index is 0.409. The van der Waals surface area contributed by atoms with Crippen LogP contribution >= 0.6 is 11.8 Å². The fourth-order valence-electron chi connectivity index (χ4n) is 3.97. The van der Waals surface area contributed by atoms with Crippen molar-refractivity contribution in [2.75, 3.05) is 47.4 Å². The maximum absolute atomic E-state index is 9.55. The molecule has 0 bridgehead atoms. The van der Waals surface area contributed by atoms with Crippen molar-refractivity contribution in [3.8, 4) is 11.5 Å². The van der Waals surface area contributed by atoms with Crippen LogP contribution in [-0.2, 0) is 16.0 Å². The fraction of sp³-hybridized carbons (Fsp3) is 0.360. The number of carboxylic acid groups (broad SMARTS) is 2. The summed E-state index contributed by atoms with van der Waals surface area (Å²) in [6.45, 7) is 4.49. The molecule has 4 rings (SSSR count). The maximum Gasteiger partial charge on any atom is 0.328 e. The van der Waals surface area contributed by atoms with Crippen LogP contribution in [0.5, 0.6) is 11.5 Å². The number of hydrogen-bond acceptors (Lipinski definition) is 7. The van der Waals surface area contributed by atoms with Gasteiger partial charge in [0.2, 0.25) is 0 Å². The smallest absolute Gasteiger partial charge is 0.328 e. The van der Waals surface area contributed by atoms with Gasteiger partial charge < -0.3 is 24.6 Å². The first-order chi connectivity index (χ1) is 16.3. The van der Waals surface area contributed by atoms with E-state index in [1.165, 1.54) is 20.9 Å². The van der Waals surface area contributed by atoms with Gasteiger partial charge in [0.1, 0.15) is 11.5 Å². The molecule has 0 aliphatic carbocycles. The molecule has 0 radical (unpaired) electrons. The van der Waals surface area contributed by atoms with Gasteiger partial charge in [-0.05, 0) is 48.9 Å². The number of hydrogen-bond donors (Lipinski definition) is 2. The lowest BCUT2D eigenvalue weighted by Gasteiger charge is -2.38. The Bertz CT molecular complexity index is 1030. The van der Waals surface area contributed by atoms with E-state index < -0.39 is 11.9 Å². The molecule has 2 heterocycles. The van der Waals surface area contributed by atoms with Gasteiger partial charge in [-0.15, -0.1) is 0 Å². The summed E-state index contributed by atoms with van der Waals surface area (Å²) in [5.41, 5.74) is 2.81. The van der Waals surface area contributed by atoms with E-state index in [0.717, 1.165) is 44.1 Å². The van der Waals surface area contributed by atoms with Gasteiger partial charge in [-0.25, -0.2) is 9.59 Å². The van der Waals surface area contributed by atoms with Gasteiger partial charge in [0.05, 0.1) is 14.2 Å². The molecule has 0 saturated carbocycles. The van der Waals surface area contributed by atoms with Gasteiger partial charge in [-0.2, -0.15) is 0 Å². The number of carbonyl (C=O) groups is 2. The van der Waals surface area contributed by atoms with Gasteiger partial charge in [0, 0.05) is 54.2 Å². The lowest BCUT2D eigenvalue weighted by Crippen LogP contribution is -2.46. The molecule has 1 atom stereocenters. The Balaban J connectivity index is 0.000000350. The average molecular weight is 487 g/mol. The highest BCUT2D eigenvalue weighted by Crippen LogP contribution is 2.45. The van der Waals surface area contributed by atoms with Crippen LogP contribution in [0.1, 0.15) is 17.2 Å². The van der Waals surface area contributed by atoms with E-state index >= 15 is 0 Å². The molecule has 1 saturated heterocycles. The lowest BCUT2D eigenvalue weighted by atomic mass is 9.96. The Morgan fingerprint density at radius 1 is 0.912 bits per heavy atom. The topological polar surface area (TPSA) is 99.5 Å². The summed E-state index contributed by atoms with van der Waals surface area (Å²) in [5.74, 6) is -0.682. The monoisotopic (exact) mass is 486 g/mol. The highest BCUT2D eigenvalue weighted by molar-refractivity contribution is 7.99. The number of ether oxygens (including phenoxy) is 2. The zero-order valence-corrected chi connectivity index (χ0v) is 20.4. The molecular formula is C25H30N2O6S. The molecule has 34 heavy (non-hydrogen) atoms. The van der Waals surface area contributed by atoms with Crippen LogP contribution in [-0.4, -0.2) is 79.4 Å². The fourth-order valence-corrected chi connectivity index (χ4v) is 5.16. The van der Waals surface area contributed by atoms with Gasteiger partial charge >= 0.3 is 11.9 Å². The molecule has 1 fully saturated rings. The van der Waals surface area contributed by atoms with Gasteiger partial charge in [0.25, 0.3) is 0 Å². The number of nitrogens with zero attached hydrogens (tertiary/aromatic N) is 2. The van der Waals surface area contributed by atoms with Crippen molar-refractivity contribution in [2.24, 2.45) is 0 Å². The van der Waals surface area contributed by atoms with Crippen LogP contribution in [0.4, 0.5) is 0 Å². The second-order valence-electron chi connectivity index (χ2n) is 8.05. The second-order valence-corrected chi connectivity index (χ2v) is 9.13. The highest BCUT2D eigenvalue weighted by atomic mass is 32.2. The molecule has 9 heteroatoms. The molecule has 0 spiro atoms. The van der Waals surface area contributed by atoms with Crippen LogP contribution in [0.15, 0.2) is 58.3 Å². The Hall–Kier alpha value is -3.01. The SMILES string of the molecule is COc1ccc2c(c1)Sc1cc(OC)ccc1C(N1CCN(C)CC1)C2.O=C(O)/C=C\C(=O)O. The van der Waals surface area contributed by atoms with Crippen molar-refractivity contribution in [1.29, 1.82) is 0 Å². The number of benzene rings is 2. The largest absolute Gasteiger partial charge is 0.497 e. The number of fused-ring (bicyclic) bond motifs is 2. The predicted octanol–water partition coefficient (Wildman–Crippen LogP) is 3.41. The lowest BCUT2D eigenvalue weighted by molar-refractivity contribution is -0.134. The molecule has 0 aromatic heterocycles. The number of carboxylic acids is 2. The molecular weight excluding hydrogens is 456 g/mol. The van der Waals surface area contributed by atoms with E-state index in [-0.39, 0.29) is 0 Å². The van der Waals surface area contributed by atoms with Gasteiger partial charge in [-0.1, -0.05) is 23.9 Å². The zero-order chi connectivity index (χ0) is 24.7. The third kappa shape index (κ3) is 6.75. The van der Waals surface area contributed by atoms with Crippen molar-refractivity contribution in [3.05, 3.63) is 59.7 Å². The predicted molar refractivity (Wildman–Crippen MR) is 130 cm³/mol. The molecule has 2 aromatic carbocycles. The summed E-state index contributed by atoms with van der Waals surface area (Å²) < 4.78 is 10.9. The molecule has 8 nitrogen and oxygen atoms in total. The molecule has 2 aromatic rings. The maximum atomic E-state index is 9.55. The van der Waals surface area contributed by atoms with E-state index in [0.29, 0.717) is 18.2 Å². The standard InChI is InChI=1S/C21H26N2O2S.C4H4O4/c1-22-8-10-23(11-9-22)19-12-15-4-5-16(24-2)13-20(15)26-21-14-17(25-3)6-7-18(19)21;5-3(6)1-2-4(7)8/h4-7,13-14,19H,8-12H2,1-3H3;1-2H,(H,5,6)(H,7,8)/b;2-1-. The Morgan fingerprint density at radius 3 is 2.03 bits per heavy atom. The Kier molecular flexibility index (Phi) is 8.98. The molecule has 0 amide bonds. The first-order valence-corrected chi connectivity index (χ1v) is 11.7. The quantitative estimate of drug-likeness (QED) is 0.616. The van der Waals surface area contributed by atoms with Crippen molar-refractivity contribution in [1.82, 2.24) is 9.80 Å². The number of aliphatic carboxylic acids is 2. The average Bonchev–Trinajstić information content (AvgIpc) is 2.99. The van der Waals surface area contributed by atoms with E-state index in [1.807, 2.05) is 11.8 Å². The van der Waals surface area contributed by atoms with Crippen molar-refractivity contribution < 1.29 is 29.3 Å². The van der Waals surface area contributed by atoms with Crippen LogP contribution in [0.3, 0.4) is 0 Å².